The second kappa shape index (κ2) is 8.14. The van der Waals surface area contributed by atoms with E-state index in [4.69, 9.17) is 9.47 Å². The molecule has 0 fully saturated rings. The van der Waals surface area contributed by atoms with Gasteiger partial charge in [0.15, 0.2) is 23.0 Å². The highest BCUT2D eigenvalue weighted by molar-refractivity contribution is 5.60. The number of aromatic nitrogens is 4. The van der Waals surface area contributed by atoms with Gasteiger partial charge in [0.05, 0.1) is 19.2 Å². The fourth-order valence-corrected chi connectivity index (χ4v) is 2.92. The van der Waals surface area contributed by atoms with Gasteiger partial charge in [-0.05, 0) is 43.3 Å². The molecule has 7 nitrogen and oxygen atoms in total. The van der Waals surface area contributed by atoms with Gasteiger partial charge in [-0.25, -0.2) is 4.39 Å². The molecule has 0 aliphatic carbocycles. The average molecular weight is 393 g/mol. The molecule has 1 N–H and O–H groups in total. The van der Waals surface area contributed by atoms with Crippen molar-refractivity contribution >= 4 is 11.5 Å². The van der Waals surface area contributed by atoms with Gasteiger partial charge in [0.1, 0.15) is 17.7 Å². The Hall–Kier alpha value is -3.68. The van der Waals surface area contributed by atoms with Gasteiger partial charge in [0.25, 0.3) is 0 Å². The van der Waals surface area contributed by atoms with Gasteiger partial charge < -0.3 is 14.8 Å². The molecule has 1 atom stereocenters. The molecule has 2 heterocycles. The molecule has 4 aromatic rings. The molecule has 0 aliphatic rings. The van der Waals surface area contributed by atoms with Crippen LogP contribution in [0.3, 0.4) is 0 Å². The third kappa shape index (κ3) is 3.96. The molecule has 29 heavy (non-hydrogen) atoms. The smallest absolute Gasteiger partial charge is 0.188 e. The van der Waals surface area contributed by atoms with Crippen LogP contribution in [0.4, 0.5) is 10.2 Å². The van der Waals surface area contributed by atoms with E-state index in [1.807, 2.05) is 31.2 Å². The van der Waals surface area contributed by atoms with Crippen LogP contribution in [0.2, 0.25) is 0 Å². The molecular formula is C21H20FN5O2. The van der Waals surface area contributed by atoms with E-state index in [-0.39, 0.29) is 11.9 Å². The standard InChI is InChI=1S/C21H20FN5O2/c1-14(29-18-10-6-5-9-17(18)28-2)13-23-19-11-12-20-24-25-21(27(20)26-19)15-7-3-4-8-16(15)22/h3-12,14H,13H2,1-2H3,(H,23,26). The lowest BCUT2D eigenvalue weighted by molar-refractivity contribution is 0.223. The van der Waals surface area contributed by atoms with E-state index in [1.54, 1.807) is 37.4 Å². The van der Waals surface area contributed by atoms with Crippen molar-refractivity contribution in [3.8, 4) is 22.9 Å². The summed E-state index contributed by atoms with van der Waals surface area (Å²) < 4.78 is 26.9. The zero-order chi connectivity index (χ0) is 20.2. The molecular weight excluding hydrogens is 373 g/mol. The molecule has 0 spiro atoms. The van der Waals surface area contributed by atoms with E-state index in [9.17, 15) is 4.39 Å². The van der Waals surface area contributed by atoms with E-state index in [1.165, 1.54) is 10.6 Å². The first-order valence-corrected chi connectivity index (χ1v) is 9.16. The maximum Gasteiger partial charge on any atom is 0.188 e. The molecule has 0 bridgehead atoms. The number of halogens is 1. The minimum atomic E-state index is -0.374. The Morgan fingerprint density at radius 3 is 2.55 bits per heavy atom. The van der Waals surface area contributed by atoms with Gasteiger partial charge in [0, 0.05) is 0 Å². The molecule has 0 radical (unpaired) electrons. The number of nitrogens with one attached hydrogen (secondary N) is 1. The summed E-state index contributed by atoms with van der Waals surface area (Å²) in [6.45, 7) is 2.45. The highest BCUT2D eigenvalue weighted by Crippen LogP contribution is 2.27. The Kier molecular flexibility index (Phi) is 5.24. The number of hydrogen-bond acceptors (Lipinski definition) is 6. The van der Waals surface area contributed by atoms with Gasteiger partial charge in [-0.1, -0.05) is 24.3 Å². The van der Waals surface area contributed by atoms with E-state index < -0.39 is 0 Å². The number of benzene rings is 2. The van der Waals surface area contributed by atoms with Crippen LogP contribution >= 0.6 is 0 Å². The molecule has 0 aliphatic heterocycles. The second-order valence-electron chi connectivity index (χ2n) is 6.45. The minimum Gasteiger partial charge on any atom is -0.493 e. The first kappa shape index (κ1) is 18.7. The first-order valence-electron chi connectivity index (χ1n) is 9.16. The van der Waals surface area contributed by atoms with Gasteiger partial charge in [-0.15, -0.1) is 15.3 Å². The number of nitrogens with zero attached hydrogens (tertiary/aromatic N) is 4. The first-order chi connectivity index (χ1) is 14.2. The van der Waals surface area contributed by atoms with Crippen LogP contribution in [0.25, 0.3) is 17.0 Å². The summed E-state index contributed by atoms with van der Waals surface area (Å²) in [7, 11) is 1.61. The zero-order valence-electron chi connectivity index (χ0n) is 16.0. The fraction of sp³-hybridized carbons (Fsp3) is 0.190. The van der Waals surface area contributed by atoms with Gasteiger partial charge in [-0.3, -0.25) is 0 Å². The van der Waals surface area contributed by atoms with Crippen molar-refractivity contribution in [2.45, 2.75) is 13.0 Å². The molecule has 0 saturated carbocycles. The number of methoxy groups -OCH3 is 1. The molecule has 2 aromatic heterocycles. The Labute approximate surface area is 167 Å². The Bertz CT molecular complexity index is 1130. The highest BCUT2D eigenvalue weighted by atomic mass is 19.1. The lowest BCUT2D eigenvalue weighted by atomic mass is 10.2. The fourth-order valence-electron chi connectivity index (χ4n) is 2.92. The number of ether oxygens (including phenoxy) is 2. The normalized spacial score (nSPS) is 12.0. The van der Waals surface area contributed by atoms with Crippen LogP contribution < -0.4 is 14.8 Å². The predicted molar refractivity (Wildman–Crippen MR) is 108 cm³/mol. The third-order valence-electron chi connectivity index (χ3n) is 4.35. The summed E-state index contributed by atoms with van der Waals surface area (Å²) in [6, 6.07) is 17.5. The number of para-hydroxylation sites is 2. The van der Waals surface area contributed by atoms with E-state index in [0.717, 1.165) is 0 Å². The topological polar surface area (TPSA) is 73.6 Å². The van der Waals surface area contributed by atoms with Gasteiger partial charge in [0.2, 0.25) is 0 Å². The summed E-state index contributed by atoms with van der Waals surface area (Å²) in [5, 5.41) is 15.9. The van der Waals surface area contributed by atoms with Gasteiger partial charge >= 0.3 is 0 Å². The molecule has 1 unspecified atom stereocenters. The molecule has 0 amide bonds. The number of fused-ring (bicyclic) bond motifs is 1. The molecule has 0 saturated heterocycles. The maximum atomic E-state index is 14.2. The van der Waals surface area contributed by atoms with Crippen LogP contribution in [-0.4, -0.2) is 39.6 Å². The largest absolute Gasteiger partial charge is 0.493 e. The molecule has 148 valence electrons. The van der Waals surface area contributed by atoms with E-state index in [0.29, 0.717) is 40.9 Å². The highest BCUT2D eigenvalue weighted by Gasteiger charge is 2.14. The zero-order valence-corrected chi connectivity index (χ0v) is 16.0. The number of rotatable bonds is 7. The quantitative estimate of drug-likeness (QED) is 0.515. The van der Waals surface area contributed by atoms with Crippen molar-refractivity contribution in [1.82, 2.24) is 19.8 Å². The molecule has 8 heteroatoms. The van der Waals surface area contributed by atoms with Crippen molar-refractivity contribution in [2.24, 2.45) is 0 Å². The van der Waals surface area contributed by atoms with Crippen LogP contribution in [0.1, 0.15) is 6.92 Å². The van der Waals surface area contributed by atoms with Crippen molar-refractivity contribution in [1.29, 1.82) is 0 Å². The van der Waals surface area contributed by atoms with E-state index >= 15 is 0 Å². The Balaban J connectivity index is 1.50. The SMILES string of the molecule is COc1ccccc1OC(C)CNc1ccc2nnc(-c3ccccc3F)n2n1. The lowest BCUT2D eigenvalue weighted by Crippen LogP contribution is -2.23. The average Bonchev–Trinajstić information content (AvgIpc) is 3.16. The van der Waals surface area contributed by atoms with Crippen molar-refractivity contribution in [2.75, 3.05) is 19.0 Å². The van der Waals surface area contributed by atoms with Crippen molar-refractivity contribution < 1.29 is 13.9 Å². The van der Waals surface area contributed by atoms with Crippen LogP contribution in [0.5, 0.6) is 11.5 Å². The summed E-state index contributed by atoms with van der Waals surface area (Å²) in [6.07, 6.45) is -0.143. The second-order valence-corrected chi connectivity index (χ2v) is 6.45. The van der Waals surface area contributed by atoms with Crippen LogP contribution in [0, 0.1) is 5.82 Å². The molecule has 4 rings (SSSR count). The Morgan fingerprint density at radius 2 is 1.76 bits per heavy atom. The predicted octanol–water partition coefficient (Wildman–Crippen LogP) is 3.82. The minimum absolute atomic E-state index is 0.143. The summed E-state index contributed by atoms with van der Waals surface area (Å²) in [5.74, 6) is 1.93. The monoisotopic (exact) mass is 393 g/mol. The summed E-state index contributed by atoms with van der Waals surface area (Å²) in [4.78, 5) is 0. The third-order valence-corrected chi connectivity index (χ3v) is 4.35. The van der Waals surface area contributed by atoms with Crippen molar-refractivity contribution in [3.63, 3.8) is 0 Å². The van der Waals surface area contributed by atoms with Gasteiger partial charge in [-0.2, -0.15) is 4.52 Å². The lowest BCUT2D eigenvalue weighted by Gasteiger charge is -2.17. The van der Waals surface area contributed by atoms with Crippen molar-refractivity contribution in [3.05, 3.63) is 66.5 Å². The van der Waals surface area contributed by atoms with Crippen LogP contribution in [0.15, 0.2) is 60.7 Å². The number of hydrogen-bond donors (Lipinski definition) is 1. The Morgan fingerprint density at radius 1 is 1.00 bits per heavy atom. The number of anilines is 1. The summed E-state index contributed by atoms with van der Waals surface area (Å²) in [5.41, 5.74) is 0.879. The molecule has 2 aromatic carbocycles. The maximum absolute atomic E-state index is 14.2. The van der Waals surface area contributed by atoms with Crippen LogP contribution in [-0.2, 0) is 0 Å². The summed E-state index contributed by atoms with van der Waals surface area (Å²) >= 11 is 0. The van der Waals surface area contributed by atoms with E-state index in [2.05, 4.69) is 20.6 Å².